The zero-order chi connectivity index (χ0) is 21.1. The summed E-state index contributed by atoms with van der Waals surface area (Å²) in [7, 11) is 0. The highest BCUT2D eigenvalue weighted by Gasteiger charge is 2.36. The molecule has 0 aromatic heterocycles. The first-order chi connectivity index (χ1) is 14.2. The van der Waals surface area contributed by atoms with E-state index in [0.717, 1.165) is 11.4 Å². The first-order valence-electron chi connectivity index (χ1n) is 10.8. The summed E-state index contributed by atoms with van der Waals surface area (Å²) < 4.78 is 0. The Morgan fingerprint density at radius 3 is 2.13 bits per heavy atom. The molecule has 30 heavy (non-hydrogen) atoms. The summed E-state index contributed by atoms with van der Waals surface area (Å²) in [5.74, 6) is 0. The van der Waals surface area contributed by atoms with Gasteiger partial charge in [0.15, 0.2) is 0 Å². The minimum atomic E-state index is -0.0114. The van der Waals surface area contributed by atoms with Crippen LogP contribution in [-0.4, -0.2) is 0 Å². The van der Waals surface area contributed by atoms with Crippen molar-refractivity contribution in [1.29, 1.82) is 0 Å². The maximum Gasteiger partial charge on any atom is 0.0387 e. The number of fused-ring (bicyclic) bond motifs is 5. The van der Waals surface area contributed by atoms with Crippen LogP contribution < -0.4 is 5.32 Å². The minimum Gasteiger partial charge on any atom is -0.356 e. The lowest BCUT2D eigenvalue weighted by Gasteiger charge is -2.22. The van der Waals surface area contributed by atoms with Crippen molar-refractivity contribution in [3.8, 4) is 11.1 Å². The SMILES string of the molecule is CC(C)(C)c1ccc(Nc2ccc3c(c2)C(C)(C)c2ccc4ccccc4c2-3)cc1. The minimum absolute atomic E-state index is 0.0114. The molecular weight excluding hydrogens is 362 g/mol. The van der Waals surface area contributed by atoms with Gasteiger partial charge in [-0.1, -0.05) is 89.2 Å². The van der Waals surface area contributed by atoms with E-state index in [1.807, 2.05) is 0 Å². The quantitative estimate of drug-likeness (QED) is 0.363. The summed E-state index contributed by atoms with van der Waals surface area (Å²) in [5.41, 5.74) is 9.35. The van der Waals surface area contributed by atoms with Crippen LogP contribution in [0.2, 0.25) is 0 Å². The number of hydrogen-bond acceptors (Lipinski definition) is 1. The van der Waals surface area contributed by atoms with Gasteiger partial charge in [0.2, 0.25) is 0 Å². The number of hydrogen-bond donors (Lipinski definition) is 1. The second-order valence-electron chi connectivity index (χ2n) is 10.0. The Morgan fingerprint density at radius 1 is 0.700 bits per heavy atom. The predicted octanol–water partition coefficient (Wildman–Crippen LogP) is 8.19. The third-order valence-electron chi connectivity index (χ3n) is 6.60. The molecule has 1 aliphatic rings. The van der Waals surface area contributed by atoms with Gasteiger partial charge in [-0.15, -0.1) is 0 Å². The average molecular weight is 392 g/mol. The van der Waals surface area contributed by atoms with E-state index in [1.54, 1.807) is 0 Å². The molecule has 1 nitrogen and oxygen atoms in total. The lowest BCUT2D eigenvalue weighted by Crippen LogP contribution is -2.15. The first-order valence-corrected chi connectivity index (χ1v) is 10.8. The Hall–Kier alpha value is -3.06. The molecule has 4 aromatic carbocycles. The molecule has 0 saturated heterocycles. The van der Waals surface area contributed by atoms with Gasteiger partial charge in [0, 0.05) is 16.8 Å². The van der Waals surface area contributed by atoms with Gasteiger partial charge < -0.3 is 5.32 Å². The van der Waals surface area contributed by atoms with Crippen molar-refractivity contribution in [2.75, 3.05) is 5.32 Å². The largest absolute Gasteiger partial charge is 0.356 e. The van der Waals surface area contributed by atoms with Gasteiger partial charge in [0.25, 0.3) is 0 Å². The molecule has 4 aromatic rings. The summed E-state index contributed by atoms with van der Waals surface area (Å²) in [6.07, 6.45) is 0. The van der Waals surface area contributed by atoms with E-state index in [-0.39, 0.29) is 10.8 Å². The van der Waals surface area contributed by atoms with Crippen LogP contribution in [0.4, 0.5) is 11.4 Å². The Labute approximate surface area is 179 Å². The highest BCUT2D eigenvalue weighted by Crippen LogP contribution is 2.51. The second-order valence-corrected chi connectivity index (χ2v) is 10.0. The molecule has 0 unspecified atom stereocenters. The van der Waals surface area contributed by atoms with Gasteiger partial charge in [0.05, 0.1) is 0 Å². The predicted molar refractivity (Wildman–Crippen MR) is 130 cm³/mol. The normalized spacial score (nSPS) is 14.4. The summed E-state index contributed by atoms with van der Waals surface area (Å²) in [4.78, 5) is 0. The van der Waals surface area contributed by atoms with Crippen molar-refractivity contribution in [2.45, 2.75) is 45.4 Å². The number of benzene rings is 4. The maximum absolute atomic E-state index is 3.61. The molecule has 150 valence electrons. The van der Waals surface area contributed by atoms with E-state index < -0.39 is 0 Å². The van der Waals surface area contributed by atoms with E-state index in [1.165, 1.54) is 38.6 Å². The summed E-state index contributed by atoms with van der Waals surface area (Å²) >= 11 is 0. The zero-order valence-corrected chi connectivity index (χ0v) is 18.5. The number of nitrogens with one attached hydrogen (secondary N) is 1. The third-order valence-corrected chi connectivity index (χ3v) is 6.60. The van der Waals surface area contributed by atoms with Crippen LogP contribution in [0.3, 0.4) is 0 Å². The first kappa shape index (κ1) is 18.9. The van der Waals surface area contributed by atoms with Crippen LogP contribution in [0.15, 0.2) is 78.9 Å². The van der Waals surface area contributed by atoms with Gasteiger partial charge in [0.1, 0.15) is 0 Å². The molecule has 1 aliphatic carbocycles. The Kier molecular flexibility index (Phi) is 4.08. The van der Waals surface area contributed by atoms with Gasteiger partial charge >= 0.3 is 0 Å². The molecule has 0 amide bonds. The van der Waals surface area contributed by atoms with E-state index in [0.29, 0.717) is 0 Å². The van der Waals surface area contributed by atoms with Crippen LogP contribution in [0.25, 0.3) is 21.9 Å². The standard InChI is InChI=1S/C29H29N/c1-28(2,3)20-11-13-21(14-12-20)30-22-15-16-24-26(18-22)29(4,5)25-17-10-19-8-6-7-9-23(19)27(24)25/h6-18,30H,1-5H3. The van der Waals surface area contributed by atoms with E-state index in [2.05, 4.69) is 119 Å². The fourth-order valence-electron chi connectivity index (χ4n) is 4.80. The summed E-state index contributed by atoms with van der Waals surface area (Å²) in [6, 6.07) is 28.9. The topological polar surface area (TPSA) is 12.0 Å². The van der Waals surface area contributed by atoms with E-state index in [9.17, 15) is 0 Å². The van der Waals surface area contributed by atoms with Crippen molar-refractivity contribution >= 4 is 22.1 Å². The van der Waals surface area contributed by atoms with Crippen molar-refractivity contribution < 1.29 is 0 Å². The Bertz CT molecular complexity index is 1250. The maximum atomic E-state index is 3.61. The van der Waals surface area contributed by atoms with Gasteiger partial charge in [-0.3, -0.25) is 0 Å². The van der Waals surface area contributed by atoms with Gasteiger partial charge in [-0.25, -0.2) is 0 Å². The molecular formula is C29H29N. The van der Waals surface area contributed by atoms with Crippen LogP contribution in [0, 0.1) is 0 Å². The molecule has 0 radical (unpaired) electrons. The average Bonchev–Trinajstić information content (AvgIpc) is 2.95. The molecule has 0 heterocycles. The van der Waals surface area contributed by atoms with Crippen molar-refractivity contribution in [1.82, 2.24) is 0 Å². The van der Waals surface area contributed by atoms with E-state index in [4.69, 9.17) is 0 Å². The fourth-order valence-corrected chi connectivity index (χ4v) is 4.80. The molecule has 0 aliphatic heterocycles. The van der Waals surface area contributed by atoms with Crippen LogP contribution in [0.5, 0.6) is 0 Å². The van der Waals surface area contributed by atoms with Crippen molar-refractivity contribution in [3.63, 3.8) is 0 Å². The Balaban J connectivity index is 1.55. The van der Waals surface area contributed by atoms with Crippen LogP contribution >= 0.6 is 0 Å². The molecule has 0 spiro atoms. The molecule has 0 atom stereocenters. The molecule has 0 fully saturated rings. The van der Waals surface area contributed by atoms with Crippen LogP contribution in [0.1, 0.15) is 51.3 Å². The monoisotopic (exact) mass is 391 g/mol. The molecule has 1 heteroatoms. The number of anilines is 2. The lowest BCUT2D eigenvalue weighted by molar-refractivity contribution is 0.590. The molecule has 1 N–H and O–H groups in total. The van der Waals surface area contributed by atoms with Crippen molar-refractivity contribution in [3.05, 3.63) is 95.6 Å². The highest BCUT2D eigenvalue weighted by molar-refractivity contribution is 6.02. The van der Waals surface area contributed by atoms with Crippen molar-refractivity contribution in [2.24, 2.45) is 0 Å². The Morgan fingerprint density at radius 2 is 1.40 bits per heavy atom. The second kappa shape index (κ2) is 6.47. The molecule has 5 rings (SSSR count). The van der Waals surface area contributed by atoms with Gasteiger partial charge in [-0.05, 0) is 68.3 Å². The summed E-state index contributed by atoms with van der Waals surface area (Å²) in [5, 5.41) is 6.27. The van der Waals surface area contributed by atoms with Crippen LogP contribution in [-0.2, 0) is 10.8 Å². The lowest BCUT2D eigenvalue weighted by atomic mass is 9.82. The third kappa shape index (κ3) is 2.92. The zero-order valence-electron chi connectivity index (χ0n) is 18.5. The summed E-state index contributed by atoms with van der Waals surface area (Å²) in [6.45, 7) is 11.4. The number of rotatable bonds is 2. The fraction of sp³-hybridized carbons (Fsp3) is 0.241. The van der Waals surface area contributed by atoms with E-state index >= 15 is 0 Å². The highest BCUT2D eigenvalue weighted by atomic mass is 14.9. The molecule has 0 bridgehead atoms. The van der Waals surface area contributed by atoms with Gasteiger partial charge in [-0.2, -0.15) is 0 Å². The molecule has 0 saturated carbocycles. The smallest absolute Gasteiger partial charge is 0.0387 e.